The van der Waals surface area contributed by atoms with Crippen LogP contribution in [0.3, 0.4) is 0 Å². The van der Waals surface area contributed by atoms with Gasteiger partial charge in [-0.1, -0.05) is 39.8 Å². The maximum atomic E-state index is 13.5. The summed E-state index contributed by atoms with van der Waals surface area (Å²) in [6, 6.07) is 17.3. The van der Waals surface area contributed by atoms with Crippen LogP contribution in [0, 0.1) is 11.7 Å². The minimum atomic E-state index is -0.364. The molecule has 0 radical (unpaired) electrons. The number of amides is 2. The second-order valence-corrected chi connectivity index (χ2v) is 9.66. The summed E-state index contributed by atoms with van der Waals surface area (Å²) < 4.78 is 19.6. The van der Waals surface area contributed by atoms with Crippen LogP contribution in [-0.2, 0) is 0 Å². The van der Waals surface area contributed by atoms with E-state index in [1.54, 1.807) is 19.2 Å². The molecule has 1 aromatic heterocycles. The van der Waals surface area contributed by atoms with Gasteiger partial charge in [-0.25, -0.2) is 4.39 Å². The molecule has 4 rings (SSSR count). The standard InChI is InChI=1S/C30H31FN2O3/c1-17(2)16-33-29(34)21-8-12-23(18(3)4)24(15-21)20-9-13-26-25(14-20)27(30(35)32-5)28(36-26)19-6-10-22(31)11-7-19/h6-15,17-18H,16H2,1-5H3,(H,32,35)(H,33,34). The highest BCUT2D eigenvalue weighted by molar-refractivity contribution is 6.12. The molecule has 1 heterocycles. The fourth-order valence-corrected chi connectivity index (χ4v) is 4.27. The lowest BCUT2D eigenvalue weighted by Gasteiger charge is -2.16. The van der Waals surface area contributed by atoms with Gasteiger partial charge in [0.25, 0.3) is 11.8 Å². The number of hydrogen-bond acceptors (Lipinski definition) is 3. The summed E-state index contributed by atoms with van der Waals surface area (Å²) in [7, 11) is 1.57. The van der Waals surface area contributed by atoms with E-state index in [0.29, 0.717) is 45.9 Å². The van der Waals surface area contributed by atoms with E-state index >= 15 is 0 Å². The van der Waals surface area contributed by atoms with Crippen LogP contribution in [0.1, 0.15) is 59.9 Å². The van der Waals surface area contributed by atoms with Crippen molar-refractivity contribution < 1.29 is 18.4 Å². The van der Waals surface area contributed by atoms with Crippen molar-refractivity contribution in [3.8, 4) is 22.5 Å². The summed E-state index contributed by atoms with van der Waals surface area (Å²) in [6.45, 7) is 8.92. The van der Waals surface area contributed by atoms with E-state index in [0.717, 1.165) is 16.7 Å². The van der Waals surface area contributed by atoms with Gasteiger partial charge >= 0.3 is 0 Å². The molecule has 2 amide bonds. The maximum Gasteiger partial charge on any atom is 0.255 e. The van der Waals surface area contributed by atoms with Crippen LogP contribution in [0.2, 0.25) is 0 Å². The average Bonchev–Trinajstić information content (AvgIpc) is 3.25. The van der Waals surface area contributed by atoms with Crippen molar-refractivity contribution in [2.75, 3.05) is 13.6 Å². The molecule has 0 atom stereocenters. The zero-order chi connectivity index (χ0) is 26.0. The molecule has 0 saturated carbocycles. The molecular formula is C30H31FN2O3. The Balaban J connectivity index is 1.87. The molecule has 0 fully saturated rings. The number of carbonyl (C=O) groups excluding carboxylic acids is 2. The van der Waals surface area contributed by atoms with Crippen LogP contribution in [-0.4, -0.2) is 25.4 Å². The van der Waals surface area contributed by atoms with Crippen LogP contribution in [0.4, 0.5) is 4.39 Å². The van der Waals surface area contributed by atoms with Crippen molar-refractivity contribution in [1.29, 1.82) is 0 Å². The van der Waals surface area contributed by atoms with Crippen LogP contribution in [0.25, 0.3) is 33.4 Å². The van der Waals surface area contributed by atoms with Gasteiger partial charge in [0, 0.05) is 30.1 Å². The molecule has 0 unspecified atom stereocenters. The molecule has 186 valence electrons. The van der Waals surface area contributed by atoms with E-state index in [9.17, 15) is 14.0 Å². The van der Waals surface area contributed by atoms with Crippen molar-refractivity contribution >= 4 is 22.8 Å². The Morgan fingerprint density at radius 2 is 1.58 bits per heavy atom. The third-order valence-electron chi connectivity index (χ3n) is 6.17. The Morgan fingerprint density at radius 3 is 2.22 bits per heavy atom. The summed E-state index contributed by atoms with van der Waals surface area (Å²) in [5.41, 5.74) is 5.03. The Labute approximate surface area is 210 Å². The summed E-state index contributed by atoms with van der Waals surface area (Å²) in [6.07, 6.45) is 0. The van der Waals surface area contributed by atoms with Gasteiger partial charge in [0.05, 0.1) is 5.56 Å². The highest BCUT2D eigenvalue weighted by Gasteiger charge is 2.23. The molecule has 4 aromatic rings. The molecule has 3 aromatic carbocycles. The molecule has 36 heavy (non-hydrogen) atoms. The molecule has 0 aliphatic heterocycles. The minimum absolute atomic E-state index is 0.116. The largest absolute Gasteiger partial charge is 0.455 e. The number of benzene rings is 3. The summed E-state index contributed by atoms with van der Waals surface area (Å²) in [5.74, 6) is 0.182. The number of rotatable bonds is 7. The van der Waals surface area contributed by atoms with Crippen LogP contribution in [0.5, 0.6) is 0 Å². The number of hydrogen-bond donors (Lipinski definition) is 2. The van der Waals surface area contributed by atoms with Crippen molar-refractivity contribution in [3.63, 3.8) is 0 Å². The molecule has 0 aliphatic carbocycles. The number of halogens is 1. The lowest BCUT2D eigenvalue weighted by Crippen LogP contribution is -2.27. The first kappa shape index (κ1) is 25.2. The first-order valence-electron chi connectivity index (χ1n) is 12.2. The van der Waals surface area contributed by atoms with Gasteiger partial charge in [-0.05, 0) is 77.1 Å². The Hall–Kier alpha value is -3.93. The highest BCUT2D eigenvalue weighted by Crippen LogP contribution is 2.38. The molecule has 2 N–H and O–H groups in total. The Kier molecular flexibility index (Phi) is 7.25. The second kappa shape index (κ2) is 10.4. The van der Waals surface area contributed by atoms with Gasteiger partial charge < -0.3 is 15.1 Å². The van der Waals surface area contributed by atoms with E-state index < -0.39 is 0 Å². The van der Waals surface area contributed by atoms with Gasteiger partial charge in [0.15, 0.2) is 0 Å². The smallest absolute Gasteiger partial charge is 0.255 e. The Bertz CT molecular complexity index is 1420. The minimum Gasteiger partial charge on any atom is -0.455 e. The van der Waals surface area contributed by atoms with E-state index in [1.807, 2.05) is 36.4 Å². The lowest BCUT2D eigenvalue weighted by atomic mass is 9.90. The first-order chi connectivity index (χ1) is 17.2. The van der Waals surface area contributed by atoms with E-state index in [2.05, 4.69) is 38.3 Å². The topological polar surface area (TPSA) is 71.3 Å². The maximum absolute atomic E-state index is 13.5. The quantitative estimate of drug-likeness (QED) is 0.303. The van der Waals surface area contributed by atoms with Crippen molar-refractivity contribution in [3.05, 3.63) is 83.2 Å². The SMILES string of the molecule is CNC(=O)c1c(-c2ccc(F)cc2)oc2ccc(-c3cc(C(=O)NCC(C)C)ccc3C(C)C)cc12. The van der Waals surface area contributed by atoms with Crippen LogP contribution in [0.15, 0.2) is 65.1 Å². The van der Waals surface area contributed by atoms with Gasteiger partial charge in [0.2, 0.25) is 0 Å². The zero-order valence-electron chi connectivity index (χ0n) is 21.2. The summed E-state index contributed by atoms with van der Waals surface area (Å²) in [4.78, 5) is 25.7. The molecule has 6 heteroatoms. The number of nitrogens with one attached hydrogen (secondary N) is 2. The fourth-order valence-electron chi connectivity index (χ4n) is 4.27. The van der Waals surface area contributed by atoms with Gasteiger partial charge in [-0.15, -0.1) is 0 Å². The fraction of sp³-hybridized carbons (Fsp3) is 0.267. The van der Waals surface area contributed by atoms with E-state index in [1.165, 1.54) is 12.1 Å². The third kappa shape index (κ3) is 5.03. The molecule has 5 nitrogen and oxygen atoms in total. The molecule has 0 bridgehead atoms. The normalized spacial score (nSPS) is 11.3. The molecular weight excluding hydrogens is 455 g/mol. The van der Waals surface area contributed by atoms with Gasteiger partial charge in [-0.2, -0.15) is 0 Å². The predicted octanol–water partition coefficient (Wildman–Crippen LogP) is 6.77. The van der Waals surface area contributed by atoms with Crippen LogP contribution >= 0.6 is 0 Å². The van der Waals surface area contributed by atoms with Gasteiger partial charge in [-0.3, -0.25) is 9.59 Å². The number of carbonyl (C=O) groups is 2. The van der Waals surface area contributed by atoms with Gasteiger partial charge in [0.1, 0.15) is 17.2 Å². The zero-order valence-corrected chi connectivity index (χ0v) is 21.2. The van der Waals surface area contributed by atoms with Crippen molar-refractivity contribution in [1.82, 2.24) is 10.6 Å². The summed E-state index contributed by atoms with van der Waals surface area (Å²) in [5, 5.41) is 6.32. The lowest BCUT2D eigenvalue weighted by molar-refractivity contribution is 0.0945. The second-order valence-electron chi connectivity index (χ2n) is 9.66. The third-order valence-corrected chi connectivity index (χ3v) is 6.17. The van der Waals surface area contributed by atoms with E-state index in [4.69, 9.17) is 4.42 Å². The van der Waals surface area contributed by atoms with Crippen molar-refractivity contribution in [2.45, 2.75) is 33.6 Å². The first-order valence-corrected chi connectivity index (χ1v) is 12.2. The molecule has 0 aliphatic rings. The Morgan fingerprint density at radius 1 is 0.889 bits per heavy atom. The van der Waals surface area contributed by atoms with Crippen molar-refractivity contribution in [2.24, 2.45) is 5.92 Å². The van der Waals surface area contributed by atoms with E-state index in [-0.39, 0.29) is 23.5 Å². The predicted molar refractivity (Wildman–Crippen MR) is 142 cm³/mol. The molecule has 0 spiro atoms. The number of furan rings is 1. The summed E-state index contributed by atoms with van der Waals surface area (Å²) >= 11 is 0. The monoisotopic (exact) mass is 486 g/mol. The molecule has 0 saturated heterocycles. The van der Waals surface area contributed by atoms with Crippen LogP contribution < -0.4 is 10.6 Å². The highest BCUT2D eigenvalue weighted by atomic mass is 19.1. The average molecular weight is 487 g/mol. The number of fused-ring (bicyclic) bond motifs is 1.